The molecule has 0 spiro atoms. The number of carbonyl (C=O) groups is 1. The summed E-state index contributed by atoms with van der Waals surface area (Å²) in [5.74, 6) is 0.0344. The van der Waals surface area contributed by atoms with Crippen molar-refractivity contribution in [3.05, 3.63) is 5.69 Å². The van der Waals surface area contributed by atoms with Gasteiger partial charge < -0.3 is 20.5 Å². The number of ether oxygens (including phenoxy) is 2. The van der Waals surface area contributed by atoms with Crippen LogP contribution in [0.1, 0.15) is 5.69 Å². The predicted octanol–water partition coefficient (Wildman–Crippen LogP) is -0.0982. The Balaban J connectivity index is 2.31. The number of hydrogen-bond acceptors (Lipinski definition) is 5. The first kappa shape index (κ1) is 12.5. The number of nitrogen functional groups attached to an aromatic ring is 1. The molecule has 90 valence electrons. The van der Waals surface area contributed by atoms with Gasteiger partial charge in [-0.05, 0) is 6.92 Å². The van der Waals surface area contributed by atoms with Gasteiger partial charge in [0.2, 0.25) is 0 Å². The fraction of sp³-hybridized carbons (Fsp3) is 0.556. The van der Waals surface area contributed by atoms with Crippen LogP contribution in [0.4, 0.5) is 11.5 Å². The number of nitrogens with zero attached hydrogens (tertiary/aromatic N) is 1. The van der Waals surface area contributed by atoms with Crippen LogP contribution in [0.5, 0.6) is 0 Å². The Hall–Kier alpha value is -1.60. The van der Waals surface area contributed by atoms with Crippen molar-refractivity contribution < 1.29 is 14.3 Å². The second-order valence-corrected chi connectivity index (χ2v) is 3.20. The Kier molecular flexibility index (Phi) is 4.74. The number of amides is 1. The molecule has 0 aliphatic carbocycles. The van der Waals surface area contributed by atoms with Crippen molar-refractivity contribution in [2.75, 3.05) is 38.0 Å². The normalized spacial score (nSPS) is 10.4. The summed E-state index contributed by atoms with van der Waals surface area (Å²) in [5.41, 5.74) is 6.81. The average Bonchev–Trinajstić information content (AvgIpc) is 2.56. The third-order valence-electron chi connectivity index (χ3n) is 1.92. The smallest absolute Gasteiger partial charge is 0.251 e. The van der Waals surface area contributed by atoms with E-state index in [1.807, 2.05) is 0 Å². The second-order valence-electron chi connectivity index (χ2n) is 3.20. The number of rotatable bonds is 6. The topological polar surface area (TPSA) is 102 Å². The van der Waals surface area contributed by atoms with Gasteiger partial charge in [0.1, 0.15) is 6.61 Å². The van der Waals surface area contributed by atoms with Crippen LogP contribution < -0.4 is 11.1 Å². The van der Waals surface area contributed by atoms with Gasteiger partial charge in [-0.1, -0.05) is 0 Å². The monoisotopic (exact) mass is 228 g/mol. The number of aromatic nitrogens is 2. The van der Waals surface area contributed by atoms with Crippen LogP contribution >= 0.6 is 0 Å². The standard InChI is InChI=1S/C9H16N4O3/c1-6-8(10)9(13-12-6)11-7(14)5-16-4-3-15-2/h3-5,10H2,1-2H3,(H2,11,12,13,14). The first-order chi connectivity index (χ1) is 7.65. The van der Waals surface area contributed by atoms with Gasteiger partial charge in [-0.2, -0.15) is 5.10 Å². The maximum Gasteiger partial charge on any atom is 0.251 e. The summed E-state index contributed by atoms with van der Waals surface area (Å²) in [7, 11) is 1.57. The van der Waals surface area contributed by atoms with E-state index in [-0.39, 0.29) is 12.5 Å². The molecular formula is C9H16N4O3. The van der Waals surface area contributed by atoms with Crippen molar-refractivity contribution in [2.45, 2.75) is 6.92 Å². The van der Waals surface area contributed by atoms with Crippen LogP contribution in [0.25, 0.3) is 0 Å². The molecule has 1 aromatic heterocycles. The highest BCUT2D eigenvalue weighted by molar-refractivity contribution is 5.93. The molecule has 0 saturated heterocycles. The molecule has 1 aromatic rings. The minimum Gasteiger partial charge on any atom is -0.394 e. The van der Waals surface area contributed by atoms with Gasteiger partial charge in [0.25, 0.3) is 5.91 Å². The lowest BCUT2D eigenvalue weighted by Crippen LogP contribution is -2.20. The average molecular weight is 228 g/mol. The molecule has 1 heterocycles. The van der Waals surface area contributed by atoms with Gasteiger partial charge in [-0.3, -0.25) is 9.89 Å². The Bertz CT molecular complexity index is 351. The van der Waals surface area contributed by atoms with Crippen molar-refractivity contribution in [2.24, 2.45) is 0 Å². The third-order valence-corrected chi connectivity index (χ3v) is 1.92. The molecule has 0 radical (unpaired) electrons. The highest BCUT2D eigenvalue weighted by Gasteiger charge is 2.09. The molecule has 0 bridgehead atoms. The fourth-order valence-electron chi connectivity index (χ4n) is 1.01. The fourth-order valence-corrected chi connectivity index (χ4v) is 1.01. The van der Waals surface area contributed by atoms with Crippen molar-refractivity contribution >= 4 is 17.4 Å². The van der Waals surface area contributed by atoms with Crippen molar-refractivity contribution in [1.82, 2.24) is 10.2 Å². The largest absolute Gasteiger partial charge is 0.394 e. The molecule has 0 aromatic carbocycles. The first-order valence-corrected chi connectivity index (χ1v) is 4.82. The molecule has 0 fully saturated rings. The zero-order valence-corrected chi connectivity index (χ0v) is 9.37. The summed E-state index contributed by atoms with van der Waals surface area (Å²) < 4.78 is 9.81. The van der Waals surface area contributed by atoms with E-state index in [2.05, 4.69) is 15.5 Å². The second kappa shape index (κ2) is 6.09. The lowest BCUT2D eigenvalue weighted by Gasteiger charge is -2.04. The Morgan fingerprint density at radius 2 is 2.31 bits per heavy atom. The maximum absolute atomic E-state index is 11.4. The number of methoxy groups -OCH3 is 1. The van der Waals surface area contributed by atoms with Crippen LogP contribution in [0.2, 0.25) is 0 Å². The highest BCUT2D eigenvalue weighted by Crippen LogP contribution is 2.17. The molecular weight excluding hydrogens is 212 g/mol. The predicted molar refractivity (Wildman–Crippen MR) is 59.1 cm³/mol. The van der Waals surface area contributed by atoms with Gasteiger partial charge in [-0.15, -0.1) is 0 Å². The number of aromatic amines is 1. The summed E-state index contributed by atoms with van der Waals surface area (Å²) in [6, 6.07) is 0. The summed E-state index contributed by atoms with van der Waals surface area (Å²) in [5, 5.41) is 9.04. The molecule has 0 unspecified atom stereocenters. The van der Waals surface area contributed by atoms with E-state index < -0.39 is 0 Å². The quantitative estimate of drug-likeness (QED) is 0.590. The Morgan fingerprint density at radius 3 is 2.88 bits per heavy atom. The number of nitrogens with two attached hydrogens (primary N) is 1. The molecule has 0 saturated carbocycles. The lowest BCUT2D eigenvalue weighted by atomic mass is 10.4. The van der Waals surface area contributed by atoms with Crippen molar-refractivity contribution in [3.8, 4) is 0 Å². The van der Waals surface area contributed by atoms with E-state index in [1.165, 1.54) is 0 Å². The zero-order chi connectivity index (χ0) is 12.0. The summed E-state index contributed by atoms with van der Waals surface area (Å²) in [4.78, 5) is 11.4. The molecule has 16 heavy (non-hydrogen) atoms. The van der Waals surface area contributed by atoms with E-state index in [1.54, 1.807) is 14.0 Å². The highest BCUT2D eigenvalue weighted by atomic mass is 16.5. The van der Waals surface area contributed by atoms with Gasteiger partial charge in [0.05, 0.1) is 24.6 Å². The van der Waals surface area contributed by atoms with Gasteiger partial charge in [0, 0.05) is 7.11 Å². The van der Waals surface area contributed by atoms with E-state index in [0.717, 1.165) is 5.69 Å². The molecule has 1 amide bonds. The minimum absolute atomic E-state index is 0.0469. The molecule has 0 aliphatic rings. The van der Waals surface area contributed by atoms with Gasteiger partial charge in [0.15, 0.2) is 5.82 Å². The first-order valence-electron chi connectivity index (χ1n) is 4.82. The lowest BCUT2D eigenvalue weighted by molar-refractivity contribution is -0.121. The zero-order valence-electron chi connectivity index (χ0n) is 9.37. The molecule has 0 aliphatic heterocycles. The number of H-pyrrole nitrogens is 1. The number of carbonyl (C=O) groups excluding carboxylic acids is 1. The van der Waals surface area contributed by atoms with Crippen LogP contribution in [-0.4, -0.2) is 43.0 Å². The molecule has 0 atom stereocenters. The summed E-state index contributed by atoms with van der Waals surface area (Å²) in [6.07, 6.45) is 0. The van der Waals surface area contributed by atoms with E-state index in [4.69, 9.17) is 15.2 Å². The molecule has 7 heteroatoms. The number of hydrogen-bond donors (Lipinski definition) is 3. The van der Waals surface area contributed by atoms with Crippen LogP contribution in [0.3, 0.4) is 0 Å². The van der Waals surface area contributed by atoms with Crippen molar-refractivity contribution in [3.63, 3.8) is 0 Å². The van der Waals surface area contributed by atoms with Crippen molar-refractivity contribution in [1.29, 1.82) is 0 Å². The summed E-state index contributed by atoms with van der Waals surface area (Å²) in [6.45, 7) is 2.55. The maximum atomic E-state index is 11.4. The third kappa shape index (κ3) is 3.52. The summed E-state index contributed by atoms with van der Waals surface area (Å²) >= 11 is 0. The Morgan fingerprint density at radius 1 is 1.56 bits per heavy atom. The molecule has 1 rings (SSSR count). The number of nitrogens with one attached hydrogen (secondary N) is 2. The van der Waals surface area contributed by atoms with E-state index in [9.17, 15) is 4.79 Å². The van der Waals surface area contributed by atoms with Gasteiger partial charge in [-0.25, -0.2) is 0 Å². The molecule has 7 nitrogen and oxygen atoms in total. The number of anilines is 2. The Labute approximate surface area is 93.3 Å². The molecule has 4 N–H and O–H groups in total. The van der Waals surface area contributed by atoms with Crippen LogP contribution in [0.15, 0.2) is 0 Å². The van der Waals surface area contributed by atoms with E-state index >= 15 is 0 Å². The SMILES string of the molecule is COCCOCC(=O)Nc1n[nH]c(C)c1N. The van der Waals surface area contributed by atoms with E-state index in [0.29, 0.717) is 24.7 Å². The number of aryl methyl sites for hydroxylation is 1. The van der Waals surface area contributed by atoms with Crippen LogP contribution in [-0.2, 0) is 14.3 Å². The minimum atomic E-state index is -0.297. The van der Waals surface area contributed by atoms with Gasteiger partial charge >= 0.3 is 0 Å². The van der Waals surface area contributed by atoms with Crippen LogP contribution in [0, 0.1) is 6.92 Å².